The lowest BCUT2D eigenvalue weighted by Gasteiger charge is -2.04. The van der Waals surface area contributed by atoms with Gasteiger partial charge in [0.05, 0.1) is 6.10 Å². The topological polar surface area (TPSA) is 92.3 Å². The molecule has 76 valence electrons. The van der Waals surface area contributed by atoms with Crippen LogP contribution in [0.4, 0.5) is 0 Å². The average molecular weight is 198 g/mol. The maximum Gasteiger partial charge on any atom is 0.356 e. The SMILES string of the molecule is CC(C)OC(=O)c1cc(C(=O)O)n[nH]1. The van der Waals surface area contributed by atoms with Crippen molar-refractivity contribution in [3.05, 3.63) is 17.5 Å². The zero-order chi connectivity index (χ0) is 10.7. The number of rotatable bonds is 3. The third kappa shape index (κ3) is 2.32. The zero-order valence-electron chi connectivity index (χ0n) is 7.77. The first-order chi connectivity index (χ1) is 6.50. The fourth-order valence-electron chi connectivity index (χ4n) is 0.813. The van der Waals surface area contributed by atoms with Gasteiger partial charge in [-0.2, -0.15) is 5.10 Å². The standard InChI is InChI=1S/C8H10N2O4/c1-4(2)14-8(13)6-3-5(7(11)12)9-10-6/h3-4H,1-2H3,(H,9,10)(H,11,12). The van der Waals surface area contributed by atoms with Crippen molar-refractivity contribution < 1.29 is 19.4 Å². The lowest BCUT2D eigenvalue weighted by molar-refractivity contribution is 0.0370. The summed E-state index contributed by atoms with van der Waals surface area (Å²) in [7, 11) is 0. The predicted octanol–water partition coefficient (Wildman–Crippen LogP) is 0.673. The van der Waals surface area contributed by atoms with Gasteiger partial charge in [-0.05, 0) is 13.8 Å². The van der Waals surface area contributed by atoms with E-state index in [2.05, 4.69) is 10.2 Å². The van der Waals surface area contributed by atoms with Crippen molar-refractivity contribution in [2.45, 2.75) is 20.0 Å². The van der Waals surface area contributed by atoms with Crippen LogP contribution in [-0.2, 0) is 4.74 Å². The average Bonchev–Trinajstić information content (AvgIpc) is 2.50. The summed E-state index contributed by atoms with van der Waals surface area (Å²) in [5, 5.41) is 14.2. The number of hydrogen-bond acceptors (Lipinski definition) is 4. The lowest BCUT2D eigenvalue weighted by atomic mass is 10.3. The van der Waals surface area contributed by atoms with E-state index in [-0.39, 0.29) is 17.5 Å². The summed E-state index contributed by atoms with van der Waals surface area (Å²) in [6.45, 7) is 3.40. The van der Waals surface area contributed by atoms with Gasteiger partial charge in [-0.3, -0.25) is 5.10 Å². The first-order valence-corrected chi connectivity index (χ1v) is 4.00. The van der Waals surface area contributed by atoms with Gasteiger partial charge in [-0.15, -0.1) is 0 Å². The molecule has 0 aliphatic heterocycles. The van der Waals surface area contributed by atoms with Crippen molar-refractivity contribution in [3.8, 4) is 0 Å². The number of carboxylic acid groups (broad SMARTS) is 1. The fourth-order valence-corrected chi connectivity index (χ4v) is 0.813. The van der Waals surface area contributed by atoms with E-state index in [4.69, 9.17) is 9.84 Å². The highest BCUT2D eigenvalue weighted by molar-refractivity contribution is 5.92. The Morgan fingerprint density at radius 1 is 1.57 bits per heavy atom. The number of aromatic amines is 1. The second kappa shape index (κ2) is 3.91. The molecular formula is C8H10N2O4. The smallest absolute Gasteiger partial charge is 0.356 e. The number of H-pyrrole nitrogens is 1. The fraction of sp³-hybridized carbons (Fsp3) is 0.375. The van der Waals surface area contributed by atoms with Crippen molar-refractivity contribution in [2.24, 2.45) is 0 Å². The third-order valence-electron chi connectivity index (χ3n) is 1.36. The Labute approximate surface area is 79.9 Å². The Bertz CT molecular complexity index is 356. The third-order valence-corrected chi connectivity index (χ3v) is 1.36. The number of carbonyl (C=O) groups is 2. The molecular weight excluding hydrogens is 188 g/mol. The molecule has 1 rings (SSSR count). The van der Waals surface area contributed by atoms with Crippen LogP contribution in [0.2, 0.25) is 0 Å². The van der Waals surface area contributed by atoms with Gasteiger partial charge in [0, 0.05) is 6.07 Å². The molecule has 1 aromatic rings. The number of aromatic carboxylic acids is 1. The monoisotopic (exact) mass is 198 g/mol. The van der Waals surface area contributed by atoms with Gasteiger partial charge >= 0.3 is 11.9 Å². The van der Waals surface area contributed by atoms with E-state index in [0.717, 1.165) is 6.07 Å². The van der Waals surface area contributed by atoms with Crippen LogP contribution in [0.5, 0.6) is 0 Å². The van der Waals surface area contributed by atoms with E-state index in [1.165, 1.54) is 0 Å². The molecule has 0 bridgehead atoms. The number of esters is 1. The quantitative estimate of drug-likeness (QED) is 0.696. The van der Waals surface area contributed by atoms with Gasteiger partial charge in [0.1, 0.15) is 5.69 Å². The summed E-state index contributed by atoms with van der Waals surface area (Å²) in [5.41, 5.74) is -0.170. The summed E-state index contributed by atoms with van der Waals surface area (Å²) in [5.74, 6) is -1.80. The number of aromatic nitrogens is 2. The lowest BCUT2D eigenvalue weighted by Crippen LogP contribution is -2.11. The molecule has 6 heteroatoms. The number of nitrogens with one attached hydrogen (secondary N) is 1. The molecule has 0 aliphatic carbocycles. The van der Waals surface area contributed by atoms with E-state index >= 15 is 0 Å². The number of nitrogens with zero attached hydrogens (tertiary/aromatic N) is 1. The van der Waals surface area contributed by atoms with Gasteiger partial charge in [0.25, 0.3) is 0 Å². The number of carbonyl (C=O) groups excluding carboxylic acids is 1. The van der Waals surface area contributed by atoms with Crippen molar-refractivity contribution in [1.29, 1.82) is 0 Å². The Kier molecular flexibility index (Phi) is 2.85. The number of hydrogen-bond donors (Lipinski definition) is 2. The summed E-state index contributed by atoms with van der Waals surface area (Å²) in [4.78, 5) is 21.6. The highest BCUT2D eigenvalue weighted by atomic mass is 16.5. The molecule has 0 aromatic carbocycles. The first kappa shape index (κ1) is 10.2. The molecule has 2 N–H and O–H groups in total. The molecule has 0 spiro atoms. The maximum absolute atomic E-state index is 11.2. The molecule has 0 saturated carbocycles. The zero-order valence-corrected chi connectivity index (χ0v) is 7.77. The number of carboxylic acids is 1. The van der Waals surface area contributed by atoms with Crippen molar-refractivity contribution >= 4 is 11.9 Å². The van der Waals surface area contributed by atoms with Gasteiger partial charge < -0.3 is 9.84 Å². The van der Waals surface area contributed by atoms with Crippen LogP contribution in [0, 0.1) is 0 Å². The van der Waals surface area contributed by atoms with Gasteiger partial charge in [0.2, 0.25) is 0 Å². The van der Waals surface area contributed by atoms with E-state index in [0.29, 0.717) is 0 Å². The minimum Gasteiger partial charge on any atom is -0.476 e. The van der Waals surface area contributed by atoms with E-state index in [9.17, 15) is 9.59 Å². The van der Waals surface area contributed by atoms with Crippen LogP contribution >= 0.6 is 0 Å². The molecule has 6 nitrogen and oxygen atoms in total. The summed E-state index contributed by atoms with van der Waals surface area (Å²) >= 11 is 0. The Morgan fingerprint density at radius 2 is 2.21 bits per heavy atom. The Morgan fingerprint density at radius 3 is 2.64 bits per heavy atom. The molecule has 0 unspecified atom stereocenters. The highest BCUT2D eigenvalue weighted by Crippen LogP contribution is 2.03. The van der Waals surface area contributed by atoms with E-state index < -0.39 is 11.9 Å². The van der Waals surface area contributed by atoms with Crippen LogP contribution in [0.15, 0.2) is 6.07 Å². The second-order valence-corrected chi connectivity index (χ2v) is 2.93. The van der Waals surface area contributed by atoms with Crippen LogP contribution in [0.1, 0.15) is 34.8 Å². The van der Waals surface area contributed by atoms with E-state index in [1.807, 2.05) is 0 Å². The molecule has 0 amide bonds. The molecule has 0 radical (unpaired) electrons. The summed E-state index contributed by atoms with van der Waals surface area (Å²) < 4.78 is 4.83. The Hall–Kier alpha value is -1.85. The Balaban J connectivity index is 2.76. The van der Waals surface area contributed by atoms with Gasteiger partial charge in [0.15, 0.2) is 5.69 Å². The molecule has 0 atom stereocenters. The van der Waals surface area contributed by atoms with Crippen LogP contribution in [-0.4, -0.2) is 33.3 Å². The minimum atomic E-state index is -1.19. The molecule has 0 aliphatic rings. The summed E-state index contributed by atoms with van der Waals surface area (Å²) in [6, 6.07) is 1.13. The van der Waals surface area contributed by atoms with Gasteiger partial charge in [-0.25, -0.2) is 9.59 Å². The van der Waals surface area contributed by atoms with Crippen LogP contribution in [0.25, 0.3) is 0 Å². The molecule has 1 aromatic heterocycles. The second-order valence-electron chi connectivity index (χ2n) is 2.93. The summed E-state index contributed by atoms with van der Waals surface area (Å²) in [6.07, 6.45) is -0.251. The van der Waals surface area contributed by atoms with E-state index in [1.54, 1.807) is 13.8 Å². The normalized spacial score (nSPS) is 10.2. The number of ether oxygens (including phenoxy) is 1. The predicted molar refractivity (Wildman–Crippen MR) is 46.1 cm³/mol. The van der Waals surface area contributed by atoms with Crippen molar-refractivity contribution in [1.82, 2.24) is 10.2 Å². The van der Waals surface area contributed by atoms with Crippen molar-refractivity contribution in [3.63, 3.8) is 0 Å². The molecule has 0 fully saturated rings. The highest BCUT2D eigenvalue weighted by Gasteiger charge is 2.15. The maximum atomic E-state index is 11.2. The largest absolute Gasteiger partial charge is 0.476 e. The van der Waals surface area contributed by atoms with Crippen LogP contribution < -0.4 is 0 Å². The van der Waals surface area contributed by atoms with Gasteiger partial charge in [-0.1, -0.05) is 0 Å². The molecule has 14 heavy (non-hydrogen) atoms. The molecule has 0 saturated heterocycles. The minimum absolute atomic E-state index is 0.0381. The van der Waals surface area contributed by atoms with Crippen LogP contribution in [0.3, 0.4) is 0 Å². The van der Waals surface area contributed by atoms with Crippen molar-refractivity contribution in [2.75, 3.05) is 0 Å². The molecule has 1 heterocycles. The first-order valence-electron chi connectivity index (χ1n) is 4.00.